The number of nitrogens with zero attached hydrogens (tertiary/aromatic N) is 2. The summed E-state index contributed by atoms with van der Waals surface area (Å²) in [6.45, 7) is 1.85. The van der Waals surface area contributed by atoms with Gasteiger partial charge in [-0.15, -0.1) is 0 Å². The van der Waals surface area contributed by atoms with Gasteiger partial charge in [0.25, 0.3) is 11.6 Å². The van der Waals surface area contributed by atoms with Crippen LogP contribution < -0.4 is 14.4 Å². The molecule has 0 N–H and O–H groups in total. The summed E-state index contributed by atoms with van der Waals surface area (Å²) in [5, 5.41) is 11.3. The lowest BCUT2D eigenvalue weighted by Gasteiger charge is -2.21. The number of hydrogen-bond acceptors (Lipinski definition) is 7. The van der Waals surface area contributed by atoms with Gasteiger partial charge in [-0.25, -0.2) is 4.79 Å². The summed E-state index contributed by atoms with van der Waals surface area (Å²) in [7, 11) is 0. The van der Waals surface area contributed by atoms with Gasteiger partial charge in [0, 0.05) is 18.3 Å². The summed E-state index contributed by atoms with van der Waals surface area (Å²) in [6, 6.07) is 9.81. The van der Waals surface area contributed by atoms with Crippen molar-refractivity contribution in [2.24, 2.45) is 0 Å². The molecule has 1 amide bonds. The zero-order valence-corrected chi connectivity index (χ0v) is 14.9. The van der Waals surface area contributed by atoms with Gasteiger partial charge in [0.15, 0.2) is 17.6 Å². The summed E-state index contributed by atoms with van der Waals surface area (Å²) >= 11 is 0. The molecule has 144 valence electrons. The molecular weight excluding hydrogens is 368 g/mol. The monoisotopic (exact) mass is 384 g/mol. The highest BCUT2D eigenvalue weighted by Gasteiger charge is 2.33. The normalized spacial score (nSPS) is 15.1. The molecule has 2 aliphatic heterocycles. The van der Waals surface area contributed by atoms with Crippen molar-refractivity contribution in [3.8, 4) is 11.5 Å². The Bertz CT molecular complexity index is 988. The van der Waals surface area contributed by atoms with Crippen LogP contribution in [0.4, 0.5) is 11.4 Å². The van der Waals surface area contributed by atoms with Gasteiger partial charge in [0.1, 0.15) is 5.56 Å². The molecule has 0 saturated heterocycles. The van der Waals surface area contributed by atoms with E-state index in [2.05, 4.69) is 0 Å². The lowest BCUT2D eigenvalue weighted by Crippen LogP contribution is -2.39. The van der Waals surface area contributed by atoms with Crippen molar-refractivity contribution in [3.63, 3.8) is 0 Å². The van der Waals surface area contributed by atoms with Gasteiger partial charge in [0.05, 0.1) is 11.0 Å². The van der Waals surface area contributed by atoms with Gasteiger partial charge < -0.3 is 19.1 Å². The van der Waals surface area contributed by atoms with Crippen molar-refractivity contribution in [2.75, 3.05) is 18.2 Å². The quantitative estimate of drug-likeness (QED) is 0.452. The average Bonchev–Trinajstić information content (AvgIpc) is 3.32. The summed E-state index contributed by atoms with van der Waals surface area (Å²) < 4.78 is 15.5. The van der Waals surface area contributed by atoms with Gasteiger partial charge in [0.2, 0.25) is 6.79 Å². The third-order valence-corrected chi connectivity index (χ3v) is 4.69. The Hall–Kier alpha value is -3.62. The predicted molar refractivity (Wildman–Crippen MR) is 96.6 cm³/mol. The fourth-order valence-corrected chi connectivity index (χ4v) is 3.31. The number of rotatable bonds is 4. The molecule has 0 saturated carbocycles. The Labute approximate surface area is 159 Å². The second kappa shape index (κ2) is 6.84. The van der Waals surface area contributed by atoms with E-state index >= 15 is 0 Å². The first-order valence-corrected chi connectivity index (χ1v) is 8.64. The van der Waals surface area contributed by atoms with Crippen molar-refractivity contribution < 1.29 is 28.7 Å². The number of nitro groups is 1. The standard InChI is InChI=1S/C19H16N2O7/c1-11(18(22)20-7-6-12-4-2-3-5-14(12)20)28-19(23)13-8-16-17(27-10-26-16)9-15(13)21(24)25/h2-5,8-9,11H,6-7,10H2,1H3. The lowest BCUT2D eigenvalue weighted by atomic mass is 10.1. The summed E-state index contributed by atoms with van der Waals surface area (Å²) in [4.78, 5) is 37.5. The van der Waals surface area contributed by atoms with Gasteiger partial charge in [-0.05, 0) is 25.0 Å². The Morgan fingerprint density at radius 2 is 1.93 bits per heavy atom. The molecule has 9 nitrogen and oxygen atoms in total. The molecule has 0 radical (unpaired) electrons. The molecule has 9 heteroatoms. The van der Waals surface area contributed by atoms with Gasteiger partial charge in [-0.1, -0.05) is 18.2 Å². The first-order valence-electron chi connectivity index (χ1n) is 8.64. The number of ether oxygens (including phenoxy) is 3. The molecule has 2 heterocycles. The molecule has 1 atom stereocenters. The van der Waals surface area contributed by atoms with Crippen LogP contribution in [0.3, 0.4) is 0 Å². The van der Waals surface area contributed by atoms with E-state index in [0.29, 0.717) is 6.54 Å². The molecule has 0 aromatic heterocycles. The first kappa shape index (κ1) is 17.8. The second-order valence-electron chi connectivity index (χ2n) is 6.40. The third kappa shape index (κ3) is 3.00. The highest BCUT2D eigenvalue weighted by Crippen LogP contribution is 2.38. The molecule has 0 fully saturated rings. The number of hydrogen-bond donors (Lipinski definition) is 0. The number of para-hydroxylation sites is 1. The molecule has 2 aromatic rings. The summed E-state index contributed by atoms with van der Waals surface area (Å²) in [6.07, 6.45) is -0.389. The SMILES string of the molecule is CC(OC(=O)c1cc2c(cc1[N+](=O)[O-])OCO2)C(=O)N1CCc2ccccc21. The number of nitro benzene ring substituents is 1. The number of anilines is 1. The van der Waals surface area contributed by atoms with Crippen molar-refractivity contribution in [3.05, 3.63) is 57.6 Å². The van der Waals surface area contributed by atoms with Gasteiger partial charge in [-0.3, -0.25) is 14.9 Å². The Morgan fingerprint density at radius 3 is 2.68 bits per heavy atom. The van der Waals surface area contributed by atoms with E-state index in [4.69, 9.17) is 14.2 Å². The highest BCUT2D eigenvalue weighted by atomic mass is 16.7. The number of carbonyl (C=O) groups is 2. The van der Waals surface area contributed by atoms with E-state index in [1.54, 1.807) is 4.90 Å². The van der Waals surface area contributed by atoms with Gasteiger partial charge in [-0.2, -0.15) is 0 Å². The largest absolute Gasteiger partial charge is 0.454 e. The topological polar surface area (TPSA) is 108 Å². The minimum absolute atomic E-state index is 0.0890. The average molecular weight is 384 g/mol. The molecule has 1 unspecified atom stereocenters. The molecule has 0 aliphatic carbocycles. The zero-order chi connectivity index (χ0) is 19.8. The summed E-state index contributed by atoms with van der Waals surface area (Å²) in [5.41, 5.74) is 1.06. The van der Waals surface area contributed by atoms with Crippen LogP contribution in [-0.2, 0) is 16.0 Å². The van der Waals surface area contributed by atoms with Crippen molar-refractivity contribution in [2.45, 2.75) is 19.4 Å². The van der Waals surface area contributed by atoms with E-state index in [0.717, 1.165) is 23.7 Å². The van der Waals surface area contributed by atoms with Crippen molar-refractivity contribution in [1.29, 1.82) is 0 Å². The molecule has 0 bridgehead atoms. The predicted octanol–water partition coefficient (Wildman–Crippen LogP) is 2.46. The maximum atomic E-state index is 12.8. The van der Waals surface area contributed by atoms with Crippen LogP contribution >= 0.6 is 0 Å². The van der Waals surface area contributed by atoms with Crippen LogP contribution in [0.1, 0.15) is 22.8 Å². The second-order valence-corrected chi connectivity index (χ2v) is 6.40. The fraction of sp³-hybridized carbons (Fsp3) is 0.263. The molecule has 28 heavy (non-hydrogen) atoms. The van der Waals surface area contributed by atoms with Crippen LogP contribution in [0.2, 0.25) is 0 Å². The Morgan fingerprint density at radius 1 is 1.21 bits per heavy atom. The Balaban J connectivity index is 1.54. The van der Waals surface area contributed by atoms with Crippen LogP contribution in [0.25, 0.3) is 0 Å². The maximum Gasteiger partial charge on any atom is 0.346 e. The molecule has 2 aliphatic rings. The van der Waals surface area contributed by atoms with Gasteiger partial charge >= 0.3 is 5.97 Å². The van der Waals surface area contributed by atoms with Crippen LogP contribution in [-0.4, -0.2) is 36.2 Å². The number of fused-ring (bicyclic) bond motifs is 2. The van der Waals surface area contributed by atoms with E-state index in [-0.39, 0.29) is 29.8 Å². The van der Waals surface area contributed by atoms with E-state index in [1.807, 2.05) is 24.3 Å². The highest BCUT2D eigenvalue weighted by molar-refractivity contribution is 6.01. The third-order valence-electron chi connectivity index (χ3n) is 4.69. The fourth-order valence-electron chi connectivity index (χ4n) is 3.31. The molecule has 2 aromatic carbocycles. The Kier molecular flexibility index (Phi) is 4.34. The van der Waals surface area contributed by atoms with Crippen LogP contribution in [0.5, 0.6) is 11.5 Å². The molecular formula is C19H16N2O7. The van der Waals surface area contributed by atoms with Crippen molar-refractivity contribution >= 4 is 23.3 Å². The zero-order valence-electron chi connectivity index (χ0n) is 14.9. The number of amides is 1. The summed E-state index contributed by atoms with van der Waals surface area (Å²) in [5.74, 6) is -0.967. The van der Waals surface area contributed by atoms with E-state index in [9.17, 15) is 19.7 Å². The van der Waals surface area contributed by atoms with E-state index < -0.39 is 22.7 Å². The smallest absolute Gasteiger partial charge is 0.346 e. The minimum atomic E-state index is -1.11. The molecule has 4 rings (SSSR count). The number of benzene rings is 2. The van der Waals surface area contributed by atoms with E-state index in [1.165, 1.54) is 13.0 Å². The lowest BCUT2D eigenvalue weighted by molar-refractivity contribution is -0.385. The molecule has 0 spiro atoms. The van der Waals surface area contributed by atoms with Crippen LogP contribution in [0, 0.1) is 10.1 Å². The number of esters is 1. The minimum Gasteiger partial charge on any atom is -0.454 e. The van der Waals surface area contributed by atoms with Crippen molar-refractivity contribution in [1.82, 2.24) is 0 Å². The maximum absolute atomic E-state index is 12.8. The first-order chi connectivity index (χ1) is 13.5. The van der Waals surface area contributed by atoms with Crippen LogP contribution in [0.15, 0.2) is 36.4 Å². The number of carbonyl (C=O) groups excluding carboxylic acids is 2.